The summed E-state index contributed by atoms with van der Waals surface area (Å²) in [4.78, 5) is 1.23. The zero-order chi connectivity index (χ0) is 8.93. The van der Waals surface area contributed by atoms with E-state index in [-0.39, 0.29) is 5.44 Å². The lowest BCUT2D eigenvalue weighted by Crippen LogP contribution is -2.01. The van der Waals surface area contributed by atoms with E-state index in [1.54, 1.807) is 18.0 Å². The topological polar surface area (TPSA) is 9.23 Å². The van der Waals surface area contributed by atoms with Crippen molar-refractivity contribution in [3.63, 3.8) is 0 Å². The molecular formula is C11H10OS. The number of thioether (sulfide) groups is 1. The van der Waals surface area contributed by atoms with Crippen LogP contribution in [0, 0.1) is 0 Å². The zero-order valence-electron chi connectivity index (χ0n) is 7.09. The number of benzene rings is 1. The fourth-order valence-electron chi connectivity index (χ4n) is 1.07. The average molecular weight is 190 g/mol. The van der Waals surface area contributed by atoms with Gasteiger partial charge in [0.1, 0.15) is 0 Å². The molecule has 66 valence electrons. The first-order valence-electron chi connectivity index (χ1n) is 4.16. The first kappa shape index (κ1) is 8.45. The van der Waals surface area contributed by atoms with Crippen LogP contribution in [0.2, 0.25) is 0 Å². The van der Waals surface area contributed by atoms with Crippen LogP contribution in [0.3, 0.4) is 0 Å². The quantitative estimate of drug-likeness (QED) is 0.708. The van der Waals surface area contributed by atoms with E-state index >= 15 is 0 Å². The Kier molecular flexibility index (Phi) is 2.72. The van der Waals surface area contributed by atoms with E-state index in [1.807, 2.05) is 36.4 Å². The van der Waals surface area contributed by atoms with Gasteiger partial charge in [-0.25, -0.2) is 0 Å². The van der Waals surface area contributed by atoms with E-state index in [0.717, 1.165) is 0 Å². The van der Waals surface area contributed by atoms with E-state index in [2.05, 4.69) is 12.1 Å². The van der Waals surface area contributed by atoms with Gasteiger partial charge in [-0.2, -0.15) is 0 Å². The van der Waals surface area contributed by atoms with Crippen molar-refractivity contribution in [3.05, 3.63) is 54.8 Å². The van der Waals surface area contributed by atoms with Gasteiger partial charge in [0, 0.05) is 4.90 Å². The first-order chi connectivity index (χ1) is 6.45. The Morgan fingerprint density at radius 2 is 1.92 bits per heavy atom. The Morgan fingerprint density at radius 1 is 1.08 bits per heavy atom. The Hall–Kier alpha value is -1.15. The molecular weight excluding hydrogens is 180 g/mol. The second-order valence-electron chi connectivity index (χ2n) is 2.65. The Morgan fingerprint density at radius 3 is 2.62 bits per heavy atom. The van der Waals surface area contributed by atoms with Crippen molar-refractivity contribution in [3.8, 4) is 0 Å². The summed E-state index contributed by atoms with van der Waals surface area (Å²) in [6.07, 6.45) is 7.66. The van der Waals surface area contributed by atoms with Gasteiger partial charge in [-0.15, -0.1) is 0 Å². The molecule has 0 aromatic heterocycles. The highest BCUT2D eigenvalue weighted by Gasteiger charge is 2.06. The van der Waals surface area contributed by atoms with Crippen LogP contribution in [-0.2, 0) is 4.74 Å². The van der Waals surface area contributed by atoms with Crippen LogP contribution in [0.5, 0.6) is 0 Å². The second kappa shape index (κ2) is 4.19. The third kappa shape index (κ3) is 2.39. The summed E-state index contributed by atoms with van der Waals surface area (Å²) in [6, 6.07) is 10.2. The Balaban J connectivity index is 1.99. The lowest BCUT2D eigenvalue weighted by atomic mass is 10.4. The van der Waals surface area contributed by atoms with Gasteiger partial charge in [-0.3, -0.25) is 0 Å². The molecule has 2 rings (SSSR count). The molecule has 1 aliphatic rings. The predicted molar refractivity (Wildman–Crippen MR) is 55.5 cm³/mol. The third-order valence-corrected chi connectivity index (χ3v) is 2.71. The molecule has 0 radical (unpaired) electrons. The summed E-state index contributed by atoms with van der Waals surface area (Å²) in [7, 11) is 0. The van der Waals surface area contributed by atoms with Gasteiger partial charge < -0.3 is 4.74 Å². The second-order valence-corrected chi connectivity index (χ2v) is 3.82. The molecule has 0 saturated heterocycles. The predicted octanol–water partition coefficient (Wildman–Crippen LogP) is 3.20. The minimum Gasteiger partial charge on any atom is -0.483 e. The van der Waals surface area contributed by atoms with Crippen molar-refractivity contribution in [2.24, 2.45) is 0 Å². The molecule has 0 saturated carbocycles. The largest absolute Gasteiger partial charge is 0.483 e. The van der Waals surface area contributed by atoms with Crippen LogP contribution in [0.4, 0.5) is 0 Å². The van der Waals surface area contributed by atoms with Gasteiger partial charge in [0.15, 0.2) is 5.44 Å². The summed E-state index contributed by atoms with van der Waals surface area (Å²) in [5.41, 5.74) is 0.118. The molecule has 0 spiro atoms. The molecule has 1 aromatic carbocycles. The maximum absolute atomic E-state index is 5.38. The van der Waals surface area contributed by atoms with Crippen LogP contribution < -0.4 is 0 Å². The molecule has 1 nitrogen and oxygen atoms in total. The van der Waals surface area contributed by atoms with Gasteiger partial charge in [0.05, 0.1) is 6.26 Å². The van der Waals surface area contributed by atoms with E-state index in [9.17, 15) is 0 Å². The number of ether oxygens (including phenoxy) is 1. The molecule has 0 fully saturated rings. The molecule has 1 unspecified atom stereocenters. The van der Waals surface area contributed by atoms with Crippen molar-refractivity contribution in [2.75, 3.05) is 0 Å². The number of hydrogen-bond donors (Lipinski definition) is 0. The fourth-order valence-corrected chi connectivity index (χ4v) is 1.94. The molecule has 1 heterocycles. The average Bonchev–Trinajstić information content (AvgIpc) is 2.21. The number of allylic oxidation sites excluding steroid dienone is 2. The molecule has 0 amide bonds. The van der Waals surface area contributed by atoms with Gasteiger partial charge in [0.2, 0.25) is 0 Å². The van der Waals surface area contributed by atoms with Crippen LogP contribution >= 0.6 is 11.8 Å². The van der Waals surface area contributed by atoms with Crippen molar-refractivity contribution >= 4 is 11.8 Å². The highest BCUT2D eigenvalue weighted by Crippen LogP contribution is 2.25. The molecule has 13 heavy (non-hydrogen) atoms. The number of rotatable bonds is 2. The summed E-state index contributed by atoms with van der Waals surface area (Å²) in [5, 5.41) is 0. The van der Waals surface area contributed by atoms with Crippen molar-refractivity contribution in [1.29, 1.82) is 0 Å². The lowest BCUT2D eigenvalue weighted by Gasteiger charge is -2.13. The van der Waals surface area contributed by atoms with Crippen molar-refractivity contribution in [1.82, 2.24) is 0 Å². The third-order valence-electron chi connectivity index (χ3n) is 1.67. The monoisotopic (exact) mass is 190 g/mol. The van der Waals surface area contributed by atoms with E-state index in [0.29, 0.717) is 0 Å². The maximum Gasteiger partial charge on any atom is 0.166 e. The normalized spacial score (nSPS) is 19.8. The summed E-state index contributed by atoms with van der Waals surface area (Å²) in [5.74, 6) is 0. The van der Waals surface area contributed by atoms with Crippen LogP contribution in [0.1, 0.15) is 0 Å². The molecule has 2 heteroatoms. The SMILES string of the molecule is C1=COC(Sc2ccccc2)C=C1. The van der Waals surface area contributed by atoms with Crippen molar-refractivity contribution < 1.29 is 4.74 Å². The molecule has 0 bridgehead atoms. The molecule has 0 N–H and O–H groups in total. The maximum atomic E-state index is 5.38. The molecule has 0 aliphatic carbocycles. The highest BCUT2D eigenvalue weighted by molar-refractivity contribution is 8.00. The van der Waals surface area contributed by atoms with Crippen LogP contribution in [-0.4, -0.2) is 5.44 Å². The standard InChI is InChI=1S/C11H10OS/c1-2-6-10(7-3-1)13-11-8-4-5-9-12-11/h1-9,11H. The molecule has 1 aromatic rings. The van der Waals surface area contributed by atoms with Gasteiger partial charge in [0.25, 0.3) is 0 Å². The van der Waals surface area contributed by atoms with Crippen LogP contribution in [0.15, 0.2) is 59.7 Å². The lowest BCUT2D eigenvalue weighted by molar-refractivity contribution is 0.257. The number of hydrogen-bond acceptors (Lipinski definition) is 2. The van der Waals surface area contributed by atoms with Crippen molar-refractivity contribution in [2.45, 2.75) is 10.3 Å². The van der Waals surface area contributed by atoms with E-state index < -0.39 is 0 Å². The minimum atomic E-state index is 0.118. The van der Waals surface area contributed by atoms with Gasteiger partial charge in [-0.1, -0.05) is 36.0 Å². The fraction of sp³-hybridized carbons (Fsp3) is 0.0909. The zero-order valence-corrected chi connectivity index (χ0v) is 7.91. The molecule has 1 atom stereocenters. The van der Waals surface area contributed by atoms with Gasteiger partial charge >= 0.3 is 0 Å². The smallest absolute Gasteiger partial charge is 0.166 e. The minimum absolute atomic E-state index is 0.118. The molecule has 1 aliphatic heterocycles. The first-order valence-corrected chi connectivity index (χ1v) is 5.03. The van der Waals surface area contributed by atoms with E-state index in [4.69, 9.17) is 4.74 Å². The van der Waals surface area contributed by atoms with Gasteiger partial charge in [-0.05, 0) is 24.3 Å². The van der Waals surface area contributed by atoms with Crippen LogP contribution in [0.25, 0.3) is 0 Å². The Labute approximate surface area is 82.1 Å². The van der Waals surface area contributed by atoms with E-state index in [1.165, 1.54) is 4.90 Å². The highest BCUT2D eigenvalue weighted by atomic mass is 32.2. The summed E-state index contributed by atoms with van der Waals surface area (Å²) in [6.45, 7) is 0. The summed E-state index contributed by atoms with van der Waals surface area (Å²) < 4.78 is 5.38. The Bertz CT molecular complexity index is 316. The summed E-state index contributed by atoms with van der Waals surface area (Å²) >= 11 is 1.70.